The molecule has 218 valence electrons. The number of carboxylic acid groups (broad SMARTS) is 1. The van der Waals surface area contributed by atoms with Gasteiger partial charge in [-0.1, -0.05) is 30.3 Å². The molecule has 9 nitrogen and oxygen atoms in total. The highest BCUT2D eigenvalue weighted by Crippen LogP contribution is 2.20. The van der Waals surface area contributed by atoms with Crippen LogP contribution in [0.3, 0.4) is 0 Å². The molecule has 2 aromatic heterocycles. The summed E-state index contributed by atoms with van der Waals surface area (Å²) in [6.07, 6.45) is 8.61. The van der Waals surface area contributed by atoms with E-state index in [2.05, 4.69) is 32.7 Å². The third-order valence-electron chi connectivity index (χ3n) is 7.45. The highest BCUT2D eigenvalue weighted by atomic mass is 16.5. The Bertz CT molecular complexity index is 1240. The number of hydrogen-bond acceptors (Lipinski definition) is 7. The first-order valence-corrected chi connectivity index (χ1v) is 14.6. The van der Waals surface area contributed by atoms with E-state index in [4.69, 9.17) is 9.72 Å². The first-order chi connectivity index (χ1) is 20.0. The van der Waals surface area contributed by atoms with Gasteiger partial charge in [0.05, 0.1) is 5.92 Å². The molecule has 0 saturated carbocycles. The van der Waals surface area contributed by atoms with Crippen LogP contribution in [0.4, 0.5) is 5.82 Å². The third kappa shape index (κ3) is 9.56. The predicted octanol–water partition coefficient (Wildman–Crippen LogP) is 4.30. The van der Waals surface area contributed by atoms with E-state index < -0.39 is 17.9 Å². The number of anilines is 1. The summed E-state index contributed by atoms with van der Waals surface area (Å²) < 4.78 is 5.91. The van der Waals surface area contributed by atoms with Crippen LogP contribution in [0.1, 0.15) is 55.3 Å². The van der Waals surface area contributed by atoms with Crippen LogP contribution >= 0.6 is 0 Å². The Morgan fingerprint density at radius 1 is 1.07 bits per heavy atom. The second-order valence-corrected chi connectivity index (χ2v) is 10.5. The number of fused-ring (bicyclic) bond motifs is 1. The third-order valence-corrected chi connectivity index (χ3v) is 7.45. The largest absolute Gasteiger partial charge is 0.492 e. The van der Waals surface area contributed by atoms with Crippen LogP contribution < -0.4 is 15.4 Å². The van der Waals surface area contributed by atoms with Gasteiger partial charge in [-0.05, 0) is 87.4 Å². The van der Waals surface area contributed by atoms with Crippen LogP contribution in [0.15, 0.2) is 67.0 Å². The zero-order valence-electron chi connectivity index (χ0n) is 23.8. The number of unbranched alkanes of at least 4 members (excludes halogenated alkanes) is 1. The van der Waals surface area contributed by atoms with Gasteiger partial charge in [-0.15, -0.1) is 0 Å². The minimum Gasteiger partial charge on any atom is -0.492 e. The fourth-order valence-electron chi connectivity index (χ4n) is 4.94. The molecular formula is C32H41N5O4. The van der Waals surface area contributed by atoms with Crippen molar-refractivity contribution in [2.75, 3.05) is 38.1 Å². The normalized spacial score (nSPS) is 14.0. The number of carbonyl (C=O) groups is 2. The lowest BCUT2D eigenvalue weighted by atomic mass is 10.0. The number of carboxylic acids is 1. The van der Waals surface area contributed by atoms with Crippen molar-refractivity contribution in [1.29, 1.82) is 0 Å². The van der Waals surface area contributed by atoms with Crippen molar-refractivity contribution >= 4 is 17.7 Å². The van der Waals surface area contributed by atoms with Gasteiger partial charge in [0.25, 0.3) is 0 Å². The van der Waals surface area contributed by atoms with E-state index in [1.165, 1.54) is 5.56 Å². The first-order valence-electron chi connectivity index (χ1n) is 14.6. The fourth-order valence-corrected chi connectivity index (χ4v) is 4.94. The molecule has 0 saturated heterocycles. The molecule has 1 aliphatic heterocycles. The quantitative estimate of drug-likeness (QED) is 0.223. The first kappa shape index (κ1) is 30.0. The van der Waals surface area contributed by atoms with Gasteiger partial charge in [0.2, 0.25) is 5.91 Å². The average Bonchev–Trinajstić information content (AvgIpc) is 3.01. The highest BCUT2D eigenvalue weighted by molar-refractivity contribution is 5.87. The van der Waals surface area contributed by atoms with Crippen LogP contribution in [0.5, 0.6) is 5.75 Å². The van der Waals surface area contributed by atoms with E-state index in [1.54, 1.807) is 25.4 Å². The average molecular weight is 560 g/mol. The van der Waals surface area contributed by atoms with E-state index in [1.807, 2.05) is 36.4 Å². The minimum absolute atomic E-state index is 0.296. The van der Waals surface area contributed by atoms with Crippen LogP contribution in [0.2, 0.25) is 0 Å². The monoisotopic (exact) mass is 559 g/mol. The SMILES string of the molecule is CC(C(=O)NC(CCN(CCCCc1ccc2c(n1)NCCC2)CCOc1ccccc1)C(=O)O)c1cccnc1. The number of aliphatic carboxylic acids is 1. The summed E-state index contributed by atoms with van der Waals surface area (Å²) in [7, 11) is 0. The smallest absolute Gasteiger partial charge is 0.326 e. The summed E-state index contributed by atoms with van der Waals surface area (Å²) in [5.74, 6) is -0.0262. The van der Waals surface area contributed by atoms with Crippen molar-refractivity contribution in [1.82, 2.24) is 20.2 Å². The van der Waals surface area contributed by atoms with Gasteiger partial charge in [0.1, 0.15) is 24.2 Å². The van der Waals surface area contributed by atoms with E-state index >= 15 is 0 Å². The summed E-state index contributed by atoms with van der Waals surface area (Å²) in [6, 6.07) is 16.6. The molecule has 3 N–H and O–H groups in total. The molecule has 3 aromatic rings. The second-order valence-electron chi connectivity index (χ2n) is 10.5. The van der Waals surface area contributed by atoms with E-state index in [0.29, 0.717) is 26.1 Å². The van der Waals surface area contributed by atoms with E-state index in [-0.39, 0.29) is 5.91 Å². The Morgan fingerprint density at radius 2 is 1.93 bits per heavy atom. The standard InChI is InChI=1S/C32H41N5O4/c1-24(26-10-7-17-33-23-26)31(38)36-29(32(39)40)16-20-37(21-22-41-28-12-3-2-4-13-28)19-6-5-11-27-15-14-25-9-8-18-34-30(25)35-27/h2-4,7,10,12-15,17,23-24,29H,5-6,8-9,11,16,18-22H2,1H3,(H,34,35)(H,36,38)(H,39,40). The van der Waals surface area contributed by atoms with E-state index in [0.717, 1.165) is 68.0 Å². The van der Waals surface area contributed by atoms with Crippen LogP contribution in [0.25, 0.3) is 0 Å². The highest BCUT2D eigenvalue weighted by Gasteiger charge is 2.24. The molecule has 0 bridgehead atoms. The zero-order chi connectivity index (χ0) is 28.9. The van der Waals surface area contributed by atoms with E-state index in [9.17, 15) is 14.7 Å². The van der Waals surface area contributed by atoms with Crippen LogP contribution in [-0.2, 0) is 22.4 Å². The lowest BCUT2D eigenvalue weighted by Crippen LogP contribution is -2.45. The molecule has 4 rings (SSSR count). The second kappa shape index (κ2) is 15.7. The summed E-state index contributed by atoms with van der Waals surface area (Å²) in [6.45, 7) is 5.20. The van der Waals surface area contributed by atoms with Crippen molar-refractivity contribution in [3.05, 3.63) is 83.8 Å². The Hall–Kier alpha value is -3.98. The maximum absolute atomic E-state index is 12.8. The molecule has 0 spiro atoms. The van der Waals surface area contributed by atoms with Crippen LogP contribution in [-0.4, -0.2) is 70.7 Å². The molecule has 1 aromatic carbocycles. The fraction of sp³-hybridized carbons (Fsp3) is 0.438. The molecule has 0 fully saturated rings. The molecule has 1 amide bonds. The Balaban J connectivity index is 1.29. The number of benzene rings is 1. The number of nitrogens with one attached hydrogen (secondary N) is 2. The Labute approximate surface area is 242 Å². The minimum atomic E-state index is -1.04. The Morgan fingerprint density at radius 3 is 2.71 bits per heavy atom. The molecule has 41 heavy (non-hydrogen) atoms. The lowest BCUT2D eigenvalue weighted by molar-refractivity contribution is -0.142. The number of rotatable bonds is 16. The van der Waals surface area contributed by atoms with Crippen LogP contribution in [0, 0.1) is 0 Å². The zero-order valence-corrected chi connectivity index (χ0v) is 23.8. The summed E-state index contributed by atoms with van der Waals surface area (Å²) in [5.41, 5.74) is 3.13. The maximum atomic E-state index is 12.8. The lowest BCUT2D eigenvalue weighted by Gasteiger charge is -2.25. The summed E-state index contributed by atoms with van der Waals surface area (Å²) in [4.78, 5) is 35.9. The van der Waals surface area contributed by atoms with Gasteiger partial charge in [-0.25, -0.2) is 9.78 Å². The predicted molar refractivity (Wildman–Crippen MR) is 159 cm³/mol. The number of nitrogens with zero attached hydrogens (tertiary/aromatic N) is 3. The molecular weight excluding hydrogens is 518 g/mol. The number of hydrogen-bond donors (Lipinski definition) is 3. The summed E-state index contributed by atoms with van der Waals surface area (Å²) in [5, 5.41) is 16.0. The number of para-hydroxylation sites is 1. The van der Waals surface area contributed by atoms with Gasteiger partial charge in [0.15, 0.2) is 0 Å². The Kier molecular flexibility index (Phi) is 11.5. The van der Waals surface area contributed by atoms with Crippen molar-refractivity contribution in [2.24, 2.45) is 0 Å². The molecule has 9 heteroatoms. The van der Waals surface area contributed by atoms with Crippen molar-refractivity contribution in [2.45, 2.75) is 57.4 Å². The molecule has 0 radical (unpaired) electrons. The number of aryl methyl sites for hydroxylation is 2. The number of ether oxygens (including phenoxy) is 1. The van der Waals surface area contributed by atoms with Crippen molar-refractivity contribution in [3.8, 4) is 5.75 Å². The molecule has 3 heterocycles. The van der Waals surface area contributed by atoms with Gasteiger partial charge in [-0.2, -0.15) is 0 Å². The summed E-state index contributed by atoms with van der Waals surface area (Å²) >= 11 is 0. The van der Waals surface area contributed by atoms with Gasteiger partial charge >= 0.3 is 5.97 Å². The molecule has 2 unspecified atom stereocenters. The molecule has 0 aliphatic carbocycles. The van der Waals surface area contributed by atoms with Crippen molar-refractivity contribution in [3.63, 3.8) is 0 Å². The van der Waals surface area contributed by atoms with Gasteiger partial charge in [-0.3, -0.25) is 14.7 Å². The molecule has 1 aliphatic rings. The molecule has 2 atom stereocenters. The number of amides is 1. The van der Waals surface area contributed by atoms with Gasteiger partial charge < -0.3 is 20.5 Å². The number of aromatic nitrogens is 2. The van der Waals surface area contributed by atoms with Gasteiger partial charge in [0, 0.05) is 37.7 Å². The number of pyridine rings is 2. The topological polar surface area (TPSA) is 117 Å². The number of carbonyl (C=O) groups excluding carboxylic acids is 1. The maximum Gasteiger partial charge on any atom is 0.326 e. The van der Waals surface area contributed by atoms with Crippen molar-refractivity contribution < 1.29 is 19.4 Å².